The zero-order valence-electron chi connectivity index (χ0n) is 31.2. The molecule has 0 fully saturated rings. The van der Waals surface area contributed by atoms with Crippen LogP contribution in [0.15, 0.2) is 60.8 Å². The van der Waals surface area contributed by atoms with Crippen molar-refractivity contribution in [2.24, 2.45) is 5.73 Å². The Kier molecular flexibility index (Phi) is 34.7. The molecule has 9 heteroatoms. The largest absolute Gasteiger partial charge is 0.472 e. The number of phosphoric ester groups is 1. The zero-order valence-corrected chi connectivity index (χ0v) is 32.1. The van der Waals surface area contributed by atoms with Crippen molar-refractivity contribution in [3.05, 3.63) is 60.8 Å². The smallest absolute Gasteiger partial charge is 0.387 e. The van der Waals surface area contributed by atoms with E-state index >= 15 is 0 Å². The molecule has 0 bridgehead atoms. The lowest BCUT2D eigenvalue weighted by Crippen LogP contribution is -2.45. The summed E-state index contributed by atoms with van der Waals surface area (Å²) < 4.78 is 22.0. The molecule has 284 valence electrons. The first-order valence-electron chi connectivity index (χ1n) is 19.4. The van der Waals surface area contributed by atoms with E-state index < -0.39 is 20.0 Å². The maximum Gasteiger partial charge on any atom is 0.472 e. The molecule has 0 spiro atoms. The summed E-state index contributed by atoms with van der Waals surface area (Å²) in [5.41, 5.74) is 5.35. The first-order chi connectivity index (χ1) is 23.9. The van der Waals surface area contributed by atoms with Crippen LogP contribution in [0.3, 0.4) is 0 Å². The Morgan fingerprint density at radius 2 is 1.14 bits per heavy atom. The first-order valence-corrected chi connectivity index (χ1v) is 20.9. The molecular weight excluding hydrogens is 635 g/mol. The molecule has 0 heterocycles. The van der Waals surface area contributed by atoms with Crippen molar-refractivity contribution in [3.63, 3.8) is 0 Å². The van der Waals surface area contributed by atoms with E-state index in [2.05, 4.69) is 67.8 Å². The predicted octanol–water partition coefficient (Wildman–Crippen LogP) is 10.3. The van der Waals surface area contributed by atoms with Gasteiger partial charge in [0.25, 0.3) is 0 Å². The number of hydrogen-bond acceptors (Lipinski definition) is 6. The molecule has 0 aliphatic carbocycles. The molecule has 0 aliphatic rings. The number of allylic oxidation sites excluding steroid dienone is 9. The van der Waals surface area contributed by atoms with Gasteiger partial charge in [-0.15, -0.1) is 0 Å². The minimum absolute atomic E-state index is 0.0678. The Morgan fingerprint density at radius 1 is 0.673 bits per heavy atom. The predicted molar refractivity (Wildman–Crippen MR) is 207 cm³/mol. The summed E-state index contributed by atoms with van der Waals surface area (Å²) in [5, 5.41) is 13.6. The van der Waals surface area contributed by atoms with Gasteiger partial charge >= 0.3 is 7.82 Å². The van der Waals surface area contributed by atoms with Gasteiger partial charge in [-0.2, -0.15) is 0 Å². The van der Waals surface area contributed by atoms with Crippen molar-refractivity contribution in [3.8, 4) is 0 Å². The highest BCUT2D eigenvalue weighted by atomic mass is 31.2. The molecule has 0 aliphatic heterocycles. The number of phosphoric acid groups is 1. The van der Waals surface area contributed by atoms with Crippen LogP contribution in [-0.2, 0) is 18.4 Å². The molecule has 0 radical (unpaired) electrons. The van der Waals surface area contributed by atoms with Crippen molar-refractivity contribution in [2.45, 2.75) is 167 Å². The molecule has 8 nitrogen and oxygen atoms in total. The minimum Gasteiger partial charge on any atom is -0.387 e. The Balaban J connectivity index is 4.37. The number of carbonyl (C=O) groups is 1. The highest BCUT2D eigenvalue weighted by molar-refractivity contribution is 7.47. The van der Waals surface area contributed by atoms with E-state index in [9.17, 15) is 19.4 Å². The minimum atomic E-state index is -4.35. The Morgan fingerprint density at radius 3 is 1.69 bits per heavy atom. The molecule has 0 rings (SSSR count). The molecular formula is C40H73N2O6P. The second-order valence-corrected chi connectivity index (χ2v) is 14.2. The van der Waals surface area contributed by atoms with E-state index in [1.807, 2.05) is 6.08 Å². The number of rotatable bonds is 35. The number of amides is 1. The van der Waals surface area contributed by atoms with Crippen LogP contribution in [0.2, 0.25) is 0 Å². The SMILES string of the molecule is CCCCC/C=C\C/C=C\CCCCCCCCCC(=O)NC(COP(=O)(O)OCCN)C(O)/C=C/CC/C=C/CC/C=C/CCCCC. The van der Waals surface area contributed by atoms with E-state index in [1.54, 1.807) is 6.08 Å². The molecule has 0 aromatic carbocycles. The normalized spacial score (nSPS) is 15.0. The second-order valence-electron chi connectivity index (χ2n) is 12.8. The first kappa shape index (κ1) is 47.2. The topological polar surface area (TPSA) is 131 Å². The van der Waals surface area contributed by atoms with E-state index in [0.29, 0.717) is 6.42 Å². The molecule has 3 unspecified atom stereocenters. The number of carbonyl (C=O) groups excluding carboxylic acids is 1. The highest BCUT2D eigenvalue weighted by Gasteiger charge is 2.26. The van der Waals surface area contributed by atoms with Crippen LogP contribution in [-0.4, -0.2) is 47.8 Å². The molecule has 49 heavy (non-hydrogen) atoms. The Bertz CT molecular complexity index is 949. The van der Waals surface area contributed by atoms with Crippen LogP contribution in [0.5, 0.6) is 0 Å². The Hall–Kier alpha value is -1.80. The third-order valence-corrected chi connectivity index (χ3v) is 9.03. The van der Waals surface area contributed by atoms with Crippen molar-refractivity contribution in [1.29, 1.82) is 0 Å². The summed E-state index contributed by atoms with van der Waals surface area (Å²) >= 11 is 0. The van der Waals surface area contributed by atoms with E-state index in [0.717, 1.165) is 70.6 Å². The van der Waals surface area contributed by atoms with Gasteiger partial charge < -0.3 is 21.1 Å². The average molecular weight is 709 g/mol. The number of nitrogens with one attached hydrogen (secondary N) is 1. The molecule has 0 aromatic heterocycles. The number of nitrogens with two attached hydrogens (primary N) is 1. The van der Waals surface area contributed by atoms with Crippen molar-refractivity contribution in [2.75, 3.05) is 19.8 Å². The molecule has 1 amide bonds. The fourth-order valence-electron chi connectivity index (χ4n) is 5.07. The highest BCUT2D eigenvalue weighted by Crippen LogP contribution is 2.43. The van der Waals surface area contributed by atoms with Gasteiger partial charge in [0.05, 0.1) is 25.4 Å². The molecule has 0 aromatic rings. The number of hydrogen-bond donors (Lipinski definition) is 4. The monoisotopic (exact) mass is 709 g/mol. The van der Waals surface area contributed by atoms with E-state index in [1.165, 1.54) is 64.2 Å². The van der Waals surface area contributed by atoms with Gasteiger partial charge in [0.2, 0.25) is 5.91 Å². The summed E-state index contributed by atoms with van der Waals surface area (Å²) in [5.74, 6) is -0.221. The lowest BCUT2D eigenvalue weighted by atomic mass is 10.1. The van der Waals surface area contributed by atoms with Crippen LogP contribution in [0.4, 0.5) is 0 Å². The van der Waals surface area contributed by atoms with Gasteiger partial charge in [0, 0.05) is 13.0 Å². The maximum atomic E-state index is 12.7. The van der Waals surface area contributed by atoms with Crippen LogP contribution in [0.25, 0.3) is 0 Å². The summed E-state index contributed by atoms with van der Waals surface area (Å²) in [6.45, 7) is 4.01. The summed E-state index contributed by atoms with van der Waals surface area (Å²) in [4.78, 5) is 22.6. The number of aliphatic hydroxyl groups is 1. The molecule has 0 saturated carbocycles. The zero-order chi connectivity index (χ0) is 36.1. The van der Waals surface area contributed by atoms with Crippen LogP contribution < -0.4 is 11.1 Å². The lowest BCUT2D eigenvalue weighted by Gasteiger charge is -2.23. The lowest BCUT2D eigenvalue weighted by molar-refractivity contribution is -0.123. The van der Waals surface area contributed by atoms with E-state index in [4.69, 9.17) is 14.8 Å². The van der Waals surface area contributed by atoms with Gasteiger partial charge in [-0.05, 0) is 77.0 Å². The third-order valence-electron chi connectivity index (χ3n) is 8.04. The van der Waals surface area contributed by atoms with Crippen LogP contribution in [0.1, 0.15) is 155 Å². The summed E-state index contributed by atoms with van der Waals surface area (Å²) in [6, 6.07) is -0.888. The quantitative estimate of drug-likeness (QED) is 0.0293. The second kappa shape index (κ2) is 36.0. The van der Waals surface area contributed by atoms with Crippen molar-refractivity contribution in [1.82, 2.24) is 5.32 Å². The fourth-order valence-corrected chi connectivity index (χ4v) is 5.83. The van der Waals surface area contributed by atoms with Crippen LogP contribution in [0, 0.1) is 0 Å². The van der Waals surface area contributed by atoms with Crippen LogP contribution >= 0.6 is 7.82 Å². The third kappa shape index (κ3) is 34.4. The van der Waals surface area contributed by atoms with Gasteiger partial charge in [-0.25, -0.2) is 4.57 Å². The fraction of sp³-hybridized carbons (Fsp3) is 0.725. The summed E-state index contributed by atoms with van der Waals surface area (Å²) in [6.07, 6.45) is 44.0. The Labute approximate surface area is 300 Å². The summed E-state index contributed by atoms with van der Waals surface area (Å²) in [7, 11) is -4.35. The van der Waals surface area contributed by atoms with Crippen molar-refractivity contribution >= 4 is 13.7 Å². The van der Waals surface area contributed by atoms with Crippen molar-refractivity contribution < 1.29 is 28.4 Å². The molecule has 0 saturated heterocycles. The van der Waals surface area contributed by atoms with Gasteiger partial charge in [-0.1, -0.05) is 132 Å². The standard InChI is InChI=1S/C40H73N2O6P/c1-3-5-7-9-11-13-15-17-18-19-20-22-24-26-28-30-32-34-40(44)42-38(37-48-49(45,46)47-36-35-41)39(43)33-31-29-27-25-23-21-16-14-12-10-8-6-4-2/h11-14,17-18,23,25,31,33,38-39,43H,3-10,15-16,19-22,24,26-30,32,34-37,41H2,1-2H3,(H,42,44)(H,45,46)/b13-11-,14-12+,18-17-,25-23+,33-31+. The van der Waals surface area contributed by atoms with Gasteiger partial charge in [-0.3, -0.25) is 13.8 Å². The van der Waals surface area contributed by atoms with E-state index in [-0.39, 0.29) is 25.7 Å². The average Bonchev–Trinajstić information content (AvgIpc) is 3.09. The van der Waals surface area contributed by atoms with Gasteiger partial charge in [0.1, 0.15) is 0 Å². The molecule has 5 N–H and O–H groups in total. The van der Waals surface area contributed by atoms with Gasteiger partial charge in [0.15, 0.2) is 0 Å². The maximum absolute atomic E-state index is 12.7. The number of aliphatic hydroxyl groups excluding tert-OH is 1. The number of unbranched alkanes of at least 4 members (excludes halogenated alkanes) is 15. The molecule has 3 atom stereocenters.